The molecule has 1 rings (SSSR count). The molecule has 1 aromatic carbocycles. The van der Waals surface area contributed by atoms with Crippen LogP contribution in [0.1, 0.15) is 0 Å². The minimum absolute atomic E-state index is 0.129. The summed E-state index contributed by atoms with van der Waals surface area (Å²) in [4.78, 5) is 10.0. The molecule has 7 heteroatoms. The van der Waals surface area contributed by atoms with Gasteiger partial charge in [0.25, 0.3) is 11.4 Å². The second-order valence-corrected chi connectivity index (χ2v) is 4.14. The molecule has 0 aliphatic heterocycles. The lowest BCUT2D eigenvalue weighted by molar-refractivity contribution is -0.385. The van der Waals surface area contributed by atoms with Crippen molar-refractivity contribution >= 4 is 33.4 Å². The minimum atomic E-state index is -2.53. The van der Waals surface area contributed by atoms with Crippen LogP contribution in [-0.4, -0.2) is 10.7 Å². The van der Waals surface area contributed by atoms with Gasteiger partial charge < -0.3 is 0 Å². The molecular formula is C7H4BrF2NO2S. The zero-order valence-corrected chi connectivity index (χ0v) is 9.02. The second kappa shape index (κ2) is 4.70. The third-order valence-electron chi connectivity index (χ3n) is 1.34. The van der Waals surface area contributed by atoms with Crippen molar-refractivity contribution in [2.24, 2.45) is 0 Å². The molecule has 14 heavy (non-hydrogen) atoms. The lowest BCUT2D eigenvalue weighted by Crippen LogP contribution is -1.89. The first kappa shape index (κ1) is 11.4. The first-order chi connectivity index (χ1) is 6.50. The van der Waals surface area contributed by atoms with Gasteiger partial charge in [0, 0.05) is 21.5 Å². The zero-order chi connectivity index (χ0) is 10.7. The highest BCUT2D eigenvalue weighted by atomic mass is 79.9. The molecule has 0 saturated heterocycles. The molecule has 0 spiro atoms. The first-order valence-corrected chi connectivity index (χ1v) is 5.06. The van der Waals surface area contributed by atoms with Crippen LogP contribution in [0.2, 0.25) is 0 Å². The molecule has 0 bridgehead atoms. The summed E-state index contributed by atoms with van der Waals surface area (Å²) in [7, 11) is 0. The van der Waals surface area contributed by atoms with Crippen LogP contribution in [0.3, 0.4) is 0 Å². The molecule has 1 aromatic rings. The van der Waals surface area contributed by atoms with E-state index in [9.17, 15) is 18.9 Å². The van der Waals surface area contributed by atoms with Gasteiger partial charge in [-0.2, -0.15) is 8.78 Å². The standard InChI is InChI=1S/C7H4BrF2NO2S/c8-5-3-4(11(12)13)1-2-6(5)14-7(9)10/h1-3,7H. The monoisotopic (exact) mass is 283 g/mol. The van der Waals surface area contributed by atoms with Gasteiger partial charge in [-0.1, -0.05) is 11.8 Å². The molecule has 0 heterocycles. The summed E-state index contributed by atoms with van der Waals surface area (Å²) in [5.41, 5.74) is -0.129. The van der Waals surface area contributed by atoms with Gasteiger partial charge in [-0.05, 0) is 22.0 Å². The van der Waals surface area contributed by atoms with Crippen molar-refractivity contribution in [2.45, 2.75) is 10.7 Å². The summed E-state index contributed by atoms with van der Waals surface area (Å²) in [5, 5.41) is 10.3. The Balaban J connectivity index is 2.95. The number of non-ortho nitro benzene ring substituents is 1. The van der Waals surface area contributed by atoms with E-state index in [-0.39, 0.29) is 10.6 Å². The molecule has 76 valence electrons. The Hall–Kier alpha value is -0.690. The van der Waals surface area contributed by atoms with E-state index in [0.717, 1.165) is 0 Å². The molecule has 0 N–H and O–H groups in total. The first-order valence-electron chi connectivity index (χ1n) is 3.39. The van der Waals surface area contributed by atoms with E-state index in [2.05, 4.69) is 15.9 Å². The van der Waals surface area contributed by atoms with Crippen molar-refractivity contribution in [3.63, 3.8) is 0 Å². The molecule has 0 aliphatic rings. The molecule has 0 aliphatic carbocycles. The predicted molar refractivity (Wildman–Crippen MR) is 52.7 cm³/mol. The van der Waals surface area contributed by atoms with Crippen molar-refractivity contribution in [1.29, 1.82) is 0 Å². The van der Waals surface area contributed by atoms with Gasteiger partial charge in [0.15, 0.2) is 0 Å². The SMILES string of the molecule is O=[N+]([O-])c1ccc(SC(F)F)c(Br)c1. The summed E-state index contributed by atoms with van der Waals surface area (Å²) in [6.45, 7) is 0. The Labute approximate surface area is 90.8 Å². The minimum Gasteiger partial charge on any atom is -0.258 e. The van der Waals surface area contributed by atoms with Gasteiger partial charge in [-0.25, -0.2) is 0 Å². The van der Waals surface area contributed by atoms with Gasteiger partial charge >= 0.3 is 0 Å². The number of hydrogen-bond acceptors (Lipinski definition) is 3. The van der Waals surface area contributed by atoms with Crippen LogP contribution in [0.5, 0.6) is 0 Å². The van der Waals surface area contributed by atoms with Gasteiger partial charge in [0.1, 0.15) is 0 Å². The predicted octanol–water partition coefficient (Wildman–Crippen LogP) is 3.67. The number of rotatable bonds is 3. The van der Waals surface area contributed by atoms with E-state index in [4.69, 9.17) is 0 Å². The number of nitro groups is 1. The molecule has 0 unspecified atom stereocenters. The Morgan fingerprint density at radius 3 is 2.57 bits per heavy atom. The van der Waals surface area contributed by atoms with Crippen LogP contribution in [0, 0.1) is 10.1 Å². The van der Waals surface area contributed by atoms with Gasteiger partial charge in [0.2, 0.25) is 0 Å². The molecular weight excluding hydrogens is 280 g/mol. The maximum atomic E-state index is 12.0. The lowest BCUT2D eigenvalue weighted by atomic mass is 10.3. The van der Waals surface area contributed by atoms with Gasteiger partial charge in [0.05, 0.1) is 4.92 Å². The van der Waals surface area contributed by atoms with Crippen LogP contribution < -0.4 is 0 Å². The largest absolute Gasteiger partial charge is 0.288 e. The fourth-order valence-corrected chi connectivity index (χ4v) is 1.95. The highest BCUT2D eigenvalue weighted by Crippen LogP contribution is 2.33. The third kappa shape index (κ3) is 2.91. The van der Waals surface area contributed by atoms with Crippen LogP contribution >= 0.6 is 27.7 Å². The highest BCUT2D eigenvalue weighted by Gasteiger charge is 2.12. The Morgan fingerprint density at radius 2 is 2.14 bits per heavy atom. The van der Waals surface area contributed by atoms with Crippen molar-refractivity contribution in [1.82, 2.24) is 0 Å². The number of thioether (sulfide) groups is 1. The van der Waals surface area contributed by atoms with E-state index in [1.807, 2.05) is 0 Å². The maximum Gasteiger partial charge on any atom is 0.288 e. The fourth-order valence-electron chi connectivity index (χ4n) is 0.795. The van der Waals surface area contributed by atoms with Gasteiger partial charge in [-0.15, -0.1) is 0 Å². The topological polar surface area (TPSA) is 43.1 Å². The number of alkyl halides is 2. The van der Waals surface area contributed by atoms with Crippen molar-refractivity contribution < 1.29 is 13.7 Å². The van der Waals surface area contributed by atoms with Crippen LogP contribution in [0.4, 0.5) is 14.5 Å². The van der Waals surface area contributed by atoms with E-state index >= 15 is 0 Å². The summed E-state index contributed by atoms with van der Waals surface area (Å²) in [6.07, 6.45) is 0. The zero-order valence-electron chi connectivity index (χ0n) is 6.62. The third-order valence-corrected chi connectivity index (χ3v) is 3.05. The smallest absolute Gasteiger partial charge is 0.258 e. The van der Waals surface area contributed by atoms with Crippen LogP contribution in [0.15, 0.2) is 27.6 Å². The Bertz CT molecular complexity index is 362. The maximum absolute atomic E-state index is 12.0. The molecule has 0 atom stereocenters. The van der Waals surface area contributed by atoms with Crippen LogP contribution in [-0.2, 0) is 0 Å². The number of nitro benzene ring substituents is 1. The average Bonchev–Trinajstić information content (AvgIpc) is 2.07. The number of halogens is 3. The average molecular weight is 284 g/mol. The molecule has 3 nitrogen and oxygen atoms in total. The summed E-state index contributed by atoms with van der Waals surface area (Å²) in [6, 6.07) is 3.68. The van der Waals surface area contributed by atoms with Crippen molar-refractivity contribution in [2.75, 3.05) is 0 Å². The number of hydrogen-bond donors (Lipinski definition) is 0. The Kier molecular flexibility index (Phi) is 3.82. The fraction of sp³-hybridized carbons (Fsp3) is 0.143. The number of nitrogens with zero attached hydrogens (tertiary/aromatic N) is 1. The van der Waals surface area contributed by atoms with Gasteiger partial charge in [-0.3, -0.25) is 10.1 Å². The second-order valence-electron chi connectivity index (χ2n) is 2.25. The molecule has 0 amide bonds. The van der Waals surface area contributed by atoms with Crippen LogP contribution in [0.25, 0.3) is 0 Å². The van der Waals surface area contributed by atoms with E-state index in [1.165, 1.54) is 18.2 Å². The summed E-state index contributed by atoms with van der Waals surface area (Å²) in [5.74, 6) is -2.53. The molecule has 0 radical (unpaired) electrons. The summed E-state index contributed by atoms with van der Waals surface area (Å²) >= 11 is 3.33. The van der Waals surface area contributed by atoms with E-state index in [0.29, 0.717) is 16.2 Å². The summed E-state index contributed by atoms with van der Waals surface area (Å²) < 4.78 is 24.2. The molecule has 0 fully saturated rings. The molecule has 0 saturated carbocycles. The molecule has 0 aromatic heterocycles. The quantitative estimate of drug-likeness (QED) is 0.483. The van der Waals surface area contributed by atoms with E-state index in [1.54, 1.807) is 0 Å². The van der Waals surface area contributed by atoms with Crippen molar-refractivity contribution in [3.05, 3.63) is 32.8 Å². The Morgan fingerprint density at radius 1 is 1.50 bits per heavy atom. The highest BCUT2D eigenvalue weighted by molar-refractivity contribution is 9.10. The lowest BCUT2D eigenvalue weighted by Gasteiger charge is -2.02. The van der Waals surface area contributed by atoms with E-state index < -0.39 is 10.7 Å². The normalized spacial score (nSPS) is 10.6. The number of benzene rings is 1. The van der Waals surface area contributed by atoms with Crippen molar-refractivity contribution in [3.8, 4) is 0 Å².